The van der Waals surface area contributed by atoms with Crippen LogP contribution in [0.15, 0.2) is 47.4 Å². The van der Waals surface area contributed by atoms with Gasteiger partial charge in [-0.15, -0.1) is 11.8 Å². The van der Waals surface area contributed by atoms with Gasteiger partial charge < -0.3 is 15.1 Å². The van der Waals surface area contributed by atoms with Crippen molar-refractivity contribution in [1.29, 1.82) is 0 Å². The van der Waals surface area contributed by atoms with Crippen molar-refractivity contribution >= 4 is 29.0 Å². The molecule has 1 fully saturated rings. The summed E-state index contributed by atoms with van der Waals surface area (Å²) in [5.74, 6) is -0.564. The number of likely N-dealkylation sites (N-methyl/N-ethyl adjacent to an activating group) is 1. The lowest BCUT2D eigenvalue weighted by molar-refractivity contribution is -0.136. The topological polar surface area (TPSA) is 35.6 Å². The smallest absolute Gasteiger partial charge is 0.369 e. The van der Waals surface area contributed by atoms with Gasteiger partial charge >= 0.3 is 6.18 Å². The molecule has 1 saturated heterocycles. The number of carbonyl (C=O) groups excluding carboxylic acids is 1. The number of nitrogens with one attached hydrogen (secondary N) is 1. The first-order valence-corrected chi connectivity index (χ1v) is 10.1. The van der Waals surface area contributed by atoms with Crippen molar-refractivity contribution in [2.45, 2.75) is 11.1 Å². The largest absolute Gasteiger partial charge is 0.418 e. The van der Waals surface area contributed by atoms with Crippen molar-refractivity contribution in [3.05, 3.63) is 53.6 Å². The van der Waals surface area contributed by atoms with Crippen LogP contribution in [-0.2, 0) is 6.18 Å². The van der Waals surface area contributed by atoms with E-state index >= 15 is 0 Å². The van der Waals surface area contributed by atoms with E-state index in [2.05, 4.69) is 10.2 Å². The van der Waals surface area contributed by atoms with Crippen molar-refractivity contribution in [3.8, 4) is 0 Å². The van der Waals surface area contributed by atoms with Crippen LogP contribution in [0.1, 0.15) is 15.9 Å². The Balaban J connectivity index is 1.84. The highest BCUT2D eigenvalue weighted by Gasteiger charge is 2.35. The van der Waals surface area contributed by atoms with Gasteiger partial charge in [-0.3, -0.25) is 4.79 Å². The molecule has 3 rings (SSSR count). The second-order valence-electron chi connectivity index (χ2n) is 6.70. The lowest BCUT2D eigenvalue weighted by atomic mass is 10.1. The Morgan fingerprint density at radius 2 is 1.68 bits per heavy atom. The Labute approximate surface area is 166 Å². The summed E-state index contributed by atoms with van der Waals surface area (Å²) < 4.78 is 40.9. The maximum absolute atomic E-state index is 13.6. The van der Waals surface area contributed by atoms with Crippen LogP contribution in [0.3, 0.4) is 0 Å². The molecule has 2 aromatic rings. The zero-order chi connectivity index (χ0) is 20.3. The molecule has 0 aliphatic carbocycles. The summed E-state index contributed by atoms with van der Waals surface area (Å²) >= 11 is 1.53. The van der Waals surface area contributed by atoms with Gasteiger partial charge in [0.05, 0.1) is 11.3 Å². The zero-order valence-electron chi connectivity index (χ0n) is 15.7. The molecule has 0 spiro atoms. The highest BCUT2D eigenvalue weighted by atomic mass is 32.2. The van der Waals surface area contributed by atoms with Crippen LogP contribution in [0, 0.1) is 0 Å². The summed E-state index contributed by atoms with van der Waals surface area (Å²) in [6.45, 7) is 2.93. The maximum atomic E-state index is 13.6. The predicted molar refractivity (Wildman–Crippen MR) is 107 cm³/mol. The quantitative estimate of drug-likeness (QED) is 0.758. The Morgan fingerprint density at radius 1 is 1.04 bits per heavy atom. The number of piperazine rings is 1. The summed E-state index contributed by atoms with van der Waals surface area (Å²) in [6, 6.07) is 10.8. The molecule has 1 aliphatic rings. The second-order valence-corrected chi connectivity index (χ2v) is 7.58. The number of halogens is 3. The van der Waals surface area contributed by atoms with E-state index in [1.807, 2.05) is 18.2 Å². The molecule has 0 radical (unpaired) electrons. The van der Waals surface area contributed by atoms with Crippen LogP contribution >= 0.6 is 11.8 Å². The van der Waals surface area contributed by atoms with Gasteiger partial charge in [-0.25, -0.2) is 0 Å². The number of nitrogens with zero attached hydrogens (tertiary/aromatic N) is 2. The number of benzene rings is 2. The van der Waals surface area contributed by atoms with E-state index in [1.165, 1.54) is 17.8 Å². The van der Waals surface area contributed by atoms with Crippen LogP contribution in [0.5, 0.6) is 0 Å². The molecule has 2 aromatic carbocycles. The van der Waals surface area contributed by atoms with E-state index in [0.29, 0.717) is 24.3 Å². The predicted octanol–water partition coefficient (Wildman–Crippen LogP) is 4.43. The Bertz CT molecular complexity index is 832. The molecule has 1 heterocycles. The van der Waals surface area contributed by atoms with Crippen LogP contribution in [0.2, 0.25) is 0 Å². The fourth-order valence-corrected chi connectivity index (χ4v) is 3.48. The zero-order valence-corrected chi connectivity index (χ0v) is 16.5. The average Bonchev–Trinajstić information content (AvgIpc) is 2.68. The first-order valence-electron chi connectivity index (χ1n) is 8.88. The molecule has 1 N–H and O–H groups in total. The molecule has 0 bridgehead atoms. The third kappa shape index (κ3) is 4.80. The van der Waals surface area contributed by atoms with Gasteiger partial charge in [-0.05, 0) is 55.8 Å². The molecular weight excluding hydrogens is 387 g/mol. The summed E-state index contributed by atoms with van der Waals surface area (Å²) in [7, 11) is 1.99. The van der Waals surface area contributed by atoms with Gasteiger partial charge in [0, 0.05) is 42.3 Å². The molecule has 150 valence electrons. The van der Waals surface area contributed by atoms with E-state index in [-0.39, 0.29) is 5.69 Å². The monoisotopic (exact) mass is 409 g/mol. The molecule has 1 amide bonds. The lowest BCUT2D eigenvalue weighted by Gasteiger charge is -2.34. The molecule has 4 nitrogen and oxygen atoms in total. The highest BCUT2D eigenvalue weighted by Crippen LogP contribution is 2.37. The van der Waals surface area contributed by atoms with E-state index in [0.717, 1.165) is 24.1 Å². The fraction of sp³-hybridized carbons (Fsp3) is 0.350. The van der Waals surface area contributed by atoms with E-state index in [4.69, 9.17) is 0 Å². The Morgan fingerprint density at radius 3 is 2.25 bits per heavy atom. The minimum atomic E-state index is -4.56. The summed E-state index contributed by atoms with van der Waals surface area (Å²) in [5.41, 5.74) is -0.237. The number of rotatable bonds is 4. The number of thioether (sulfide) groups is 1. The highest BCUT2D eigenvalue weighted by molar-refractivity contribution is 7.98. The minimum Gasteiger partial charge on any atom is -0.369 e. The van der Waals surface area contributed by atoms with Gasteiger partial charge in [0.15, 0.2) is 0 Å². The van der Waals surface area contributed by atoms with Crippen molar-refractivity contribution in [2.75, 3.05) is 49.7 Å². The average molecular weight is 409 g/mol. The van der Waals surface area contributed by atoms with Crippen molar-refractivity contribution in [2.24, 2.45) is 0 Å². The SMILES string of the molecule is CSc1ccc(C(=O)Nc2ccc(N3CCN(C)CC3)cc2C(F)(F)F)cc1. The first kappa shape index (κ1) is 20.5. The molecule has 0 atom stereocenters. The van der Waals surface area contributed by atoms with Gasteiger partial charge in [0.1, 0.15) is 0 Å². The first-order chi connectivity index (χ1) is 13.3. The standard InChI is InChI=1S/C20H22F3N3OS/c1-25-9-11-26(12-10-25)15-5-8-18(17(13-15)20(21,22)23)24-19(27)14-3-6-16(28-2)7-4-14/h3-8,13H,9-12H2,1-2H3,(H,24,27). The molecule has 0 aromatic heterocycles. The normalized spacial score (nSPS) is 15.5. The number of hydrogen-bond donors (Lipinski definition) is 1. The Kier molecular flexibility index (Phi) is 6.20. The third-order valence-corrected chi connectivity index (χ3v) is 5.52. The lowest BCUT2D eigenvalue weighted by Crippen LogP contribution is -2.44. The summed E-state index contributed by atoms with van der Waals surface area (Å²) in [6.07, 6.45) is -2.65. The minimum absolute atomic E-state index is 0.232. The molecule has 28 heavy (non-hydrogen) atoms. The van der Waals surface area contributed by atoms with Gasteiger partial charge in [0.2, 0.25) is 0 Å². The summed E-state index contributed by atoms with van der Waals surface area (Å²) in [5, 5.41) is 2.42. The fourth-order valence-electron chi connectivity index (χ4n) is 3.07. The number of hydrogen-bond acceptors (Lipinski definition) is 4. The number of anilines is 2. The third-order valence-electron chi connectivity index (χ3n) is 4.78. The maximum Gasteiger partial charge on any atom is 0.418 e. The molecule has 8 heteroatoms. The number of carbonyl (C=O) groups is 1. The van der Waals surface area contributed by atoms with Gasteiger partial charge in [0.25, 0.3) is 5.91 Å². The van der Waals surface area contributed by atoms with E-state index in [1.54, 1.807) is 30.3 Å². The molecule has 0 unspecified atom stereocenters. The van der Waals surface area contributed by atoms with Crippen molar-refractivity contribution < 1.29 is 18.0 Å². The molecule has 0 saturated carbocycles. The number of alkyl halides is 3. The van der Waals surface area contributed by atoms with Gasteiger partial charge in [-0.1, -0.05) is 0 Å². The van der Waals surface area contributed by atoms with Crippen molar-refractivity contribution in [1.82, 2.24) is 4.90 Å². The van der Waals surface area contributed by atoms with Crippen LogP contribution in [0.25, 0.3) is 0 Å². The summed E-state index contributed by atoms with van der Waals surface area (Å²) in [4.78, 5) is 17.5. The van der Waals surface area contributed by atoms with Gasteiger partial charge in [-0.2, -0.15) is 13.2 Å². The molecular formula is C20H22F3N3OS. The Hall–Kier alpha value is -2.19. The van der Waals surface area contributed by atoms with E-state index in [9.17, 15) is 18.0 Å². The second kappa shape index (κ2) is 8.45. The van der Waals surface area contributed by atoms with E-state index < -0.39 is 17.6 Å². The van der Waals surface area contributed by atoms with Crippen LogP contribution in [0.4, 0.5) is 24.5 Å². The van der Waals surface area contributed by atoms with Crippen LogP contribution in [-0.4, -0.2) is 50.3 Å². The van der Waals surface area contributed by atoms with Crippen LogP contribution < -0.4 is 10.2 Å². The van der Waals surface area contributed by atoms with Crippen molar-refractivity contribution in [3.63, 3.8) is 0 Å². The molecule has 1 aliphatic heterocycles. The number of amides is 1.